The van der Waals surface area contributed by atoms with Gasteiger partial charge < -0.3 is 9.47 Å². The lowest BCUT2D eigenvalue weighted by Gasteiger charge is -2.26. The maximum absolute atomic E-state index is 12.3. The molecule has 1 aliphatic heterocycles. The minimum Gasteiger partial charge on any atom is -0.341 e. The van der Waals surface area contributed by atoms with Crippen molar-refractivity contribution < 1.29 is 0 Å². The number of H-pyrrole nitrogens is 1. The molecule has 0 aliphatic carbocycles. The molecule has 0 unspecified atom stereocenters. The maximum Gasteiger partial charge on any atom is 0.280 e. The first-order chi connectivity index (χ1) is 11.3. The van der Waals surface area contributed by atoms with E-state index in [2.05, 4.69) is 32.0 Å². The molecule has 1 saturated heterocycles. The minimum atomic E-state index is -0.171. The Kier molecular flexibility index (Phi) is 3.78. The number of rotatable bonds is 3. The third-order valence-electron chi connectivity index (χ3n) is 3.97. The summed E-state index contributed by atoms with van der Waals surface area (Å²) in [5, 5.41) is 0. The number of aromatic nitrogens is 4. The zero-order chi connectivity index (χ0) is 15.6. The zero-order valence-electron chi connectivity index (χ0n) is 12.6. The topological polar surface area (TPSA) is 66.8 Å². The summed E-state index contributed by atoms with van der Waals surface area (Å²) < 4.78 is 1.93. The summed E-state index contributed by atoms with van der Waals surface area (Å²) in [4.78, 5) is 26.2. The molecule has 1 aliphatic rings. The third-order valence-corrected chi connectivity index (χ3v) is 4.91. The molecule has 0 amide bonds. The van der Waals surface area contributed by atoms with Gasteiger partial charge in [0.25, 0.3) is 5.56 Å². The molecule has 0 saturated carbocycles. The Bertz CT molecular complexity index is 867. The van der Waals surface area contributed by atoms with Gasteiger partial charge in [-0.25, -0.2) is 4.98 Å². The van der Waals surface area contributed by atoms with E-state index in [0.29, 0.717) is 23.7 Å². The van der Waals surface area contributed by atoms with Gasteiger partial charge in [-0.3, -0.25) is 9.78 Å². The zero-order valence-corrected chi connectivity index (χ0v) is 13.4. The van der Waals surface area contributed by atoms with Crippen LogP contribution in [-0.2, 0) is 6.54 Å². The standard InChI is InChI=1S/C16H17N5OS/c22-15-13-14(18-16(19-15)20-6-8-23-9-7-20)21(11-17-13)10-12-4-2-1-3-5-12/h1-5,11H,6-10H2,(H,18,19,22). The third kappa shape index (κ3) is 2.84. The quantitative estimate of drug-likeness (QED) is 0.793. The Labute approximate surface area is 137 Å². The smallest absolute Gasteiger partial charge is 0.280 e. The molecule has 2 aromatic heterocycles. The number of aromatic amines is 1. The average Bonchev–Trinajstić information content (AvgIpc) is 3.00. The fraction of sp³-hybridized carbons (Fsp3) is 0.312. The Morgan fingerprint density at radius 1 is 1.17 bits per heavy atom. The molecule has 1 fully saturated rings. The van der Waals surface area contributed by atoms with Crippen LogP contribution in [-0.4, -0.2) is 44.1 Å². The average molecular weight is 327 g/mol. The second kappa shape index (κ2) is 6.08. The summed E-state index contributed by atoms with van der Waals surface area (Å²) in [6.45, 7) is 2.47. The van der Waals surface area contributed by atoms with Crippen LogP contribution in [0, 0.1) is 0 Å². The molecular formula is C16H17N5OS. The van der Waals surface area contributed by atoms with Gasteiger partial charge in [-0.2, -0.15) is 16.7 Å². The Hall–Kier alpha value is -2.28. The Balaban J connectivity index is 1.74. The van der Waals surface area contributed by atoms with E-state index in [1.54, 1.807) is 6.33 Å². The summed E-state index contributed by atoms with van der Waals surface area (Å²) in [7, 11) is 0. The Morgan fingerprint density at radius 2 is 1.96 bits per heavy atom. The predicted octanol–water partition coefficient (Wildman–Crippen LogP) is 1.72. The van der Waals surface area contributed by atoms with Crippen LogP contribution >= 0.6 is 11.8 Å². The lowest BCUT2D eigenvalue weighted by atomic mass is 10.2. The van der Waals surface area contributed by atoms with Crippen molar-refractivity contribution in [2.45, 2.75) is 6.54 Å². The fourth-order valence-corrected chi connectivity index (χ4v) is 3.67. The van der Waals surface area contributed by atoms with E-state index in [1.165, 1.54) is 0 Å². The van der Waals surface area contributed by atoms with Crippen molar-refractivity contribution >= 4 is 28.9 Å². The molecule has 1 aromatic carbocycles. The number of thioether (sulfide) groups is 1. The van der Waals surface area contributed by atoms with Crippen LogP contribution in [0.5, 0.6) is 0 Å². The highest BCUT2D eigenvalue weighted by atomic mass is 32.2. The van der Waals surface area contributed by atoms with E-state index >= 15 is 0 Å². The Morgan fingerprint density at radius 3 is 2.74 bits per heavy atom. The van der Waals surface area contributed by atoms with Crippen LogP contribution in [0.25, 0.3) is 11.2 Å². The molecule has 4 rings (SSSR count). The van der Waals surface area contributed by atoms with Crippen LogP contribution in [0.1, 0.15) is 5.56 Å². The molecule has 0 atom stereocenters. The number of anilines is 1. The van der Waals surface area contributed by atoms with Gasteiger partial charge in [0, 0.05) is 24.6 Å². The second-order valence-corrected chi connectivity index (χ2v) is 6.74. The number of nitrogens with zero attached hydrogens (tertiary/aromatic N) is 4. The van der Waals surface area contributed by atoms with Crippen molar-refractivity contribution in [1.29, 1.82) is 0 Å². The first-order valence-electron chi connectivity index (χ1n) is 7.63. The van der Waals surface area contributed by atoms with Gasteiger partial charge in [0.2, 0.25) is 5.95 Å². The van der Waals surface area contributed by atoms with Crippen molar-refractivity contribution in [2.75, 3.05) is 29.5 Å². The highest BCUT2D eigenvalue weighted by Crippen LogP contribution is 2.17. The van der Waals surface area contributed by atoms with E-state index in [1.807, 2.05) is 34.5 Å². The van der Waals surface area contributed by atoms with Gasteiger partial charge in [-0.15, -0.1) is 0 Å². The van der Waals surface area contributed by atoms with E-state index < -0.39 is 0 Å². The summed E-state index contributed by atoms with van der Waals surface area (Å²) >= 11 is 1.93. The summed E-state index contributed by atoms with van der Waals surface area (Å²) in [5.74, 6) is 2.77. The van der Waals surface area contributed by atoms with Crippen molar-refractivity contribution in [2.24, 2.45) is 0 Å². The molecule has 23 heavy (non-hydrogen) atoms. The molecule has 3 aromatic rings. The summed E-state index contributed by atoms with van der Waals surface area (Å²) in [5.41, 5.74) is 2.03. The van der Waals surface area contributed by atoms with E-state index in [0.717, 1.165) is 30.2 Å². The van der Waals surface area contributed by atoms with E-state index in [9.17, 15) is 4.79 Å². The number of nitrogens with one attached hydrogen (secondary N) is 1. The molecule has 7 heteroatoms. The fourth-order valence-electron chi connectivity index (χ4n) is 2.76. The van der Waals surface area contributed by atoms with Crippen LogP contribution in [0.2, 0.25) is 0 Å². The normalized spacial score (nSPS) is 15.2. The lowest BCUT2D eigenvalue weighted by molar-refractivity contribution is 0.792. The van der Waals surface area contributed by atoms with Crippen LogP contribution < -0.4 is 10.5 Å². The number of imidazole rings is 1. The number of fused-ring (bicyclic) bond motifs is 1. The van der Waals surface area contributed by atoms with Crippen LogP contribution in [0.4, 0.5) is 5.95 Å². The van der Waals surface area contributed by atoms with Crippen LogP contribution in [0.3, 0.4) is 0 Å². The lowest BCUT2D eigenvalue weighted by Crippen LogP contribution is -2.35. The van der Waals surface area contributed by atoms with E-state index in [-0.39, 0.29) is 5.56 Å². The van der Waals surface area contributed by atoms with Gasteiger partial charge in [0.15, 0.2) is 11.2 Å². The maximum atomic E-state index is 12.3. The van der Waals surface area contributed by atoms with Gasteiger partial charge in [0.1, 0.15) is 0 Å². The molecule has 3 heterocycles. The molecule has 118 valence electrons. The highest BCUT2D eigenvalue weighted by Gasteiger charge is 2.17. The molecule has 0 spiro atoms. The monoisotopic (exact) mass is 327 g/mol. The molecule has 0 radical (unpaired) electrons. The predicted molar refractivity (Wildman–Crippen MR) is 93.2 cm³/mol. The molecule has 1 N–H and O–H groups in total. The molecule has 0 bridgehead atoms. The minimum absolute atomic E-state index is 0.171. The number of hydrogen-bond acceptors (Lipinski definition) is 5. The van der Waals surface area contributed by atoms with E-state index in [4.69, 9.17) is 0 Å². The van der Waals surface area contributed by atoms with Crippen molar-refractivity contribution in [1.82, 2.24) is 19.5 Å². The first-order valence-corrected chi connectivity index (χ1v) is 8.78. The SMILES string of the molecule is O=c1[nH]c(N2CCSCC2)nc2c1ncn2Cc1ccccc1. The van der Waals surface area contributed by atoms with Gasteiger partial charge in [0.05, 0.1) is 12.9 Å². The van der Waals surface area contributed by atoms with Gasteiger partial charge >= 0.3 is 0 Å². The summed E-state index contributed by atoms with van der Waals surface area (Å²) in [6.07, 6.45) is 1.69. The van der Waals surface area contributed by atoms with Crippen molar-refractivity contribution in [3.8, 4) is 0 Å². The van der Waals surface area contributed by atoms with Crippen molar-refractivity contribution in [3.05, 3.63) is 52.6 Å². The second-order valence-electron chi connectivity index (χ2n) is 5.52. The molecular weight excluding hydrogens is 310 g/mol. The molecule has 6 nitrogen and oxygen atoms in total. The van der Waals surface area contributed by atoms with Gasteiger partial charge in [-0.05, 0) is 5.56 Å². The summed E-state index contributed by atoms with van der Waals surface area (Å²) in [6, 6.07) is 10.1. The number of benzene rings is 1. The highest BCUT2D eigenvalue weighted by molar-refractivity contribution is 7.99. The number of hydrogen-bond donors (Lipinski definition) is 1. The van der Waals surface area contributed by atoms with Crippen molar-refractivity contribution in [3.63, 3.8) is 0 Å². The van der Waals surface area contributed by atoms with Gasteiger partial charge in [-0.1, -0.05) is 30.3 Å². The first kappa shape index (κ1) is 14.3. The van der Waals surface area contributed by atoms with Crippen LogP contribution in [0.15, 0.2) is 41.5 Å². The largest absolute Gasteiger partial charge is 0.341 e.